The first-order chi connectivity index (χ1) is 9.24. The van der Waals surface area contributed by atoms with Gasteiger partial charge >= 0.3 is 0 Å². The third-order valence-corrected chi connectivity index (χ3v) is 3.80. The van der Waals surface area contributed by atoms with Gasteiger partial charge in [0.25, 0.3) is 0 Å². The first kappa shape index (κ1) is 12.2. The van der Waals surface area contributed by atoms with Gasteiger partial charge in [-0.3, -0.25) is 4.79 Å². The van der Waals surface area contributed by atoms with Crippen molar-refractivity contribution in [3.63, 3.8) is 0 Å². The van der Waals surface area contributed by atoms with Crippen LogP contribution in [-0.4, -0.2) is 15.3 Å². The Hall–Kier alpha value is -1.90. The van der Waals surface area contributed by atoms with Gasteiger partial charge in [-0.05, 0) is 37.5 Å². The van der Waals surface area contributed by atoms with Crippen molar-refractivity contribution in [3.05, 3.63) is 41.7 Å². The van der Waals surface area contributed by atoms with Crippen molar-refractivity contribution in [1.82, 2.24) is 9.55 Å². The van der Waals surface area contributed by atoms with E-state index in [0.29, 0.717) is 6.42 Å². The second-order valence-corrected chi connectivity index (χ2v) is 5.23. The second-order valence-electron chi connectivity index (χ2n) is 5.23. The van der Waals surface area contributed by atoms with Crippen LogP contribution in [0.25, 0.3) is 11.0 Å². The molecule has 3 rings (SSSR count). The molecule has 0 aliphatic heterocycles. The molecule has 0 saturated carbocycles. The number of benzene rings is 1. The van der Waals surface area contributed by atoms with Crippen molar-refractivity contribution in [2.24, 2.45) is 7.05 Å². The van der Waals surface area contributed by atoms with Crippen molar-refractivity contribution < 1.29 is 4.79 Å². The van der Waals surface area contributed by atoms with Crippen LogP contribution < -0.4 is 0 Å². The van der Waals surface area contributed by atoms with Gasteiger partial charge in [0, 0.05) is 19.9 Å². The standard InChI is InChI=1S/C16H18N2O/c1-18-15-9-5-4-8-14(15)17-16(18)11-12-6-2-3-7-13(19)10-12/h4-5,8-10H,2-3,6-7,11H2,1H3. The van der Waals surface area contributed by atoms with Crippen molar-refractivity contribution >= 4 is 16.8 Å². The molecule has 0 N–H and O–H groups in total. The maximum absolute atomic E-state index is 11.6. The summed E-state index contributed by atoms with van der Waals surface area (Å²) in [5.74, 6) is 1.31. The number of aryl methyl sites for hydroxylation is 1. The van der Waals surface area contributed by atoms with Gasteiger partial charge < -0.3 is 4.57 Å². The molecule has 0 bridgehead atoms. The lowest BCUT2D eigenvalue weighted by Gasteiger charge is -2.05. The summed E-state index contributed by atoms with van der Waals surface area (Å²) in [5.41, 5.74) is 3.40. The summed E-state index contributed by atoms with van der Waals surface area (Å²) in [6.45, 7) is 0. The molecule has 0 unspecified atom stereocenters. The number of imidazole rings is 1. The summed E-state index contributed by atoms with van der Waals surface area (Å²) in [5, 5.41) is 0. The number of aromatic nitrogens is 2. The van der Waals surface area contributed by atoms with Gasteiger partial charge in [0.15, 0.2) is 5.78 Å². The van der Waals surface area contributed by atoms with E-state index < -0.39 is 0 Å². The van der Waals surface area contributed by atoms with Crippen molar-refractivity contribution in [2.75, 3.05) is 0 Å². The van der Waals surface area contributed by atoms with E-state index in [1.807, 2.05) is 31.3 Å². The lowest BCUT2D eigenvalue weighted by Crippen LogP contribution is -2.01. The molecule has 3 heteroatoms. The first-order valence-electron chi connectivity index (χ1n) is 6.86. The average molecular weight is 254 g/mol. The molecular weight excluding hydrogens is 236 g/mol. The predicted octanol–water partition coefficient (Wildman–Crippen LogP) is 3.19. The molecule has 19 heavy (non-hydrogen) atoms. The fourth-order valence-corrected chi connectivity index (χ4v) is 2.72. The molecule has 0 radical (unpaired) electrons. The smallest absolute Gasteiger partial charge is 0.155 e. The van der Waals surface area contributed by atoms with Crippen molar-refractivity contribution in [2.45, 2.75) is 32.1 Å². The van der Waals surface area contributed by atoms with E-state index in [4.69, 9.17) is 0 Å². The van der Waals surface area contributed by atoms with Gasteiger partial charge in [-0.2, -0.15) is 0 Å². The first-order valence-corrected chi connectivity index (χ1v) is 6.86. The Morgan fingerprint density at radius 2 is 2.00 bits per heavy atom. The summed E-state index contributed by atoms with van der Waals surface area (Å²) < 4.78 is 2.13. The van der Waals surface area contributed by atoms with Gasteiger partial charge in [-0.1, -0.05) is 17.7 Å². The molecule has 1 aliphatic carbocycles. The molecule has 98 valence electrons. The minimum atomic E-state index is 0.270. The molecule has 2 aromatic rings. The van der Waals surface area contributed by atoms with Crippen molar-refractivity contribution in [1.29, 1.82) is 0 Å². The van der Waals surface area contributed by atoms with E-state index in [1.165, 1.54) is 5.57 Å². The number of carbonyl (C=O) groups is 1. The topological polar surface area (TPSA) is 34.9 Å². The number of para-hydroxylation sites is 2. The van der Waals surface area contributed by atoms with Gasteiger partial charge in [0.1, 0.15) is 5.82 Å². The van der Waals surface area contributed by atoms with Crippen LogP contribution in [0, 0.1) is 0 Å². The zero-order valence-electron chi connectivity index (χ0n) is 11.2. The van der Waals surface area contributed by atoms with E-state index >= 15 is 0 Å². The predicted molar refractivity (Wildman–Crippen MR) is 76.0 cm³/mol. The fourth-order valence-electron chi connectivity index (χ4n) is 2.72. The van der Waals surface area contributed by atoms with E-state index in [1.54, 1.807) is 0 Å². The Bertz CT molecular complexity index is 652. The Morgan fingerprint density at radius 3 is 2.84 bits per heavy atom. The van der Waals surface area contributed by atoms with Crippen LogP contribution in [0.1, 0.15) is 31.5 Å². The summed E-state index contributed by atoms with van der Waals surface area (Å²) in [4.78, 5) is 16.3. The number of ketones is 1. The highest BCUT2D eigenvalue weighted by Crippen LogP contribution is 2.21. The summed E-state index contributed by atoms with van der Waals surface area (Å²) in [6.07, 6.45) is 6.48. The number of hydrogen-bond acceptors (Lipinski definition) is 2. The average Bonchev–Trinajstić information content (AvgIpc) is 2.58. The highest BCUT2D eigenvalue weighted by atomic mass is 16.1. The second kappa shape index (κ2) is 5.00. The van der Waals surface area contributed by atoms with Gasteiger partial charge in [0.2, 0.25) is 0 Å². The number of nitrogens with zero attached hydrogens (tertiary/aromatic N) is 2. The van der Waals surface area contributed by atoms with E-state index in [9.17, 15) is 4.79 Å². The number of rotatable bonds is 2. The molecule has 0 amide bonds. The molecule has 0 saturated heterocycles. The zero-order valence-corrected chi connectivity index (χ0v) is 11.2. The van der Waals surface area contributed by atoms with Crippen LogP contribution in [0.4, 0.5) is 0 Å². The summed E-state index contributed by atoms with van der Waals surface area (Å²) in [6, 6.07) is 8.15. The maximum atomic E-state index is 11.6. The lowest BCUT2D eigenvalue weighted by molar-refractivity contribution is -0.114. The van der Waals surface area contributed by atoms with Crippen LogP contribution in [-0.2, 0) is 18.3 Å². The molecule has 1 heterocycles. The quantitative estimate of drug-likeness (QED) is 0.825. The van der Waals surface area contributed by atoms with E-state index in [-0.39, 0.29) is 5.78 Å². The third kappa shape index (κ3) is 2.46. The number of carbonyl (C=O) groups excluding carboxylic acids is 1. The fraction of sp³-hybridized carbons (Fsp3) is 0.375. The molecular formula is C16H18N2O. The molecule has 0 atom stereocenters. The third-order valence-electron chi connectivity index (χ3n) is 3.80. The highest BCUT2D eigenvalue weighted by molar-refractivity contribution is 5.90. The Kier molecular flexibility index (Phi) is 3.20. The Morgan fingerprint density at radius 1 is 1.21 bits per heavy atom. The van der Waals surface area contributed by atoms with Crippen LogP contribution in [0.5, 0.6) is 0 Å². The van der Waals surface area contributed by atoms with E-state index in [2.05, 4.69) is 15.6 Å². The van der Waals surface area contributed by atoms with Gasteiger partial charge in [0.05, 0.1) is 11.0 Å². The molecule has 1 aromatic heterocycles. The normalized spacial score (nSPS) is 16.5. The number of hydrogen-bond donors (Lipinski definition) is 0. The number of fused-ring (bicyclic) bond motifs is 1. The van der Waals surface area contributed by atoms with Crippen LogP contribution in [0.2, 0.25) is 0 Å². The van der Waals surface area contributed by atoms with Crippen LogP contribution >= 0.6 is 0 Å². The van der Waals surface area contributed by atoms with Crippen LogP contribution in [0.3, 0.4) is 0 Å². The largest absolute Gasteiger partial charge is 0.331 e. The molecule has 0 spiro atoms. The van der Waals surface area contributed by atoms with Crippen molar-refractivity contribution in [3.8, 4) is 0 Å². The molecule has 1 aliphatic rings. The summed E-state index contributed by atoms with van der Waals surface area (Å²) >= 11 is 0. The van der Waals surface area contributed by atoms with Gasteiger partial charge in [-0.25, -0.2) is 4.98 Å². The number of allylic oxidation sites excluding steroid dienone is 2. The monoisotopic (exact) mass is 254 g/mol. The molecule has 3 nitrogen and oxygen atoms in total. The Labute approximate surface area is 113 Å². The van der Waals surface area contributed by atoms with Gasteiger partial charge in [-0.15, -0.1) is 0 Å². The highest BCUT2D eigenvalue weighted by Gasteiger charge is 2.12. The lowest BCUT2D eigenvalue weighted by atomic mass is 10.1. The minimum Gasteiger partial charge on any atom is -0.331 e. The SMILES string of the molecule is Cn1c(CC2=CC(=O)CCCC2)nc2ccccc21. The molecule has 0 fully saturated rings. The minimum absolute atomic E-state index is 0.270. The summed E-state index contributed by atoms with van der Waals surface area (Å²) in [7, 11) is 2.05. The van der Waals surface area contributed by atoms with Crippen LogP contribution in [0.15, 0.2) is 35.9 Å². The zero-order chi connectivity index (χ0) is 13.2. The Balaban J connectivity index is 1.92. The van der Waals surface area contributed by atoms with E-state index in [0.717, 1.165) is 42.5 Å². The molecule has 1 aromatic carbocycles. The maximum Gasteiger partial charge on any atom is 0.155 e.